The minimum atomic E-state index is -0.479. The van der Waals surface area contributed by atoms with Crippen LogP contribution in [0.1, 0.15) is 20.3 Å². The molecule has 0 fully saturated rings. The zero-order valence-electron chi connectivity index (χ0n) is 13.9. The van der Waals surface area contributed by atoms with E-state index in [2.05, 4.69) is 20.1 Å². The molecule has 132 valence electrons. The number of aromatic nitrogens is 4. The van der Waals surface area contributed by atoms with Gasteiger partial charge in [0.25, 0.3) is 0 Å². The van der Waals surface area contributed by atoms with Gasteiger partial charge in [-0.25, -0.2) is 9.78 Å². The number of esters is 1. The van der Waals surface area contributed by atoms with Crippen LogP contribution in [-0.2, 0) is 20.9 Å². The van der Waals surface area contributed by atoms with E-state index in [0.29, 0.717) is 43.1 Å². The summed E-state index contributed by atoms with van der Waals surface area (Å²) < 4.78 is 11.9. The number of hydrogen-bond acceptors (Lipinski definition) is 9. The molecule has 10 nitrogen and oxygen atoms in total. The van der Waals surface area contributed by atoms with E-state index in [0.717, 1.165) is 0 Å². The van der Waals surface area contributed by atoms with Gasteiger partial charge >= 0.3 is 12.0 Å². The monoisotopic (exact) mass is 346 g/mol. The third-order valence-electron chi connectivity index (χ3n) is 3.38. The van der Waals surface area contributed by atoms with Crippen molar-refractivity contribution in [3.8, 4) is 6.01 Å². The summed E-state index contributed by atoms with van der Waals surface area (Å²) in [4.78, 5) is 29.5. The third kappa shape index (κ3) is 3.52. The maximum atomic E-state index is 11.6. The SMILES string of the molecule is CCOC(=O)C1=NOC(Cn2cnc3c(N)nc(OCC)nc32)=CC1. The summed E-state index contributed by atoms with van der Waals surface area (Å²) in [6, 6.07) is 0.190. The molecule has 0 bridgehead atoms. The number of ether oxygens (including phenoxy) is 2. The smallest absolute Gasteiger partial charge is 0.356 e. The highest BCUT2D eigenvalue weighted by Crippen LogP contribution is 2.21. The second-order valence-electron chi connectivity index (χ2n) is 5.09. The molecule has 2 aromatic heterocycles. The number of carbonyl (C=O) groups excluding carboxylic acids is 1. The molecule has 2 aromatic rings. The minimum absolute atomic E-state index is 0.190. The molecule has 10 heteroatoms. The summed E-state index contributed by atoms with van der Waals surface area (Å²) in [5.41, 5.74) is 7.13. The molecule has 25 heavy (non-hydrogen) atoms. The lowest BCUT2D eigenvalue weighted by molar-refractivity contribution is -0.135. The fourth-order valence-corrected chi connectivity index (χ4v) is 2.25. The third-order valence-corrected chi connectivity index (χ3v) is 3.38. The largest absolute Gasteiger partial charge is 0.464 e. The molecule has 1 aliphatic rings. The molecule has 0 unspecified atom stereocenters. The van der Waals surface area contributed by atoms with Crippen molar-refractivity contribution in [2.24, 2.45) is 5.16 Å². The molecule has 3 heterocycles. The number of anilines is 1. The predicted octanol–water partition coefficient (Wildman–Crippen LogP) is 1.03. The van der Waals surface area contributed by atoms with E-state index in [1.807, 2.05) is 6.92 Å². The number of oxime groups is 1. The van der Waals surface area contributed by atoms with Crippen LogP contribution in [0.3, 0.4) is 0 Å². The Hall–Kier alpha value is -3.17. The number of carbonyl (C=O) groups is 1. The van der Waals surface area contributed by atoms with Crippen LogP contribution in [0.2, 0.25) is 0 Å². The van der Waals surface area contributed by atoms with Gasteiger partial charge in [-0.15, -0.1) is 0 Å². The van der Waals surface area contributed by atoms with Crippen molar-refractivity contribution < 1.29 is 19.1 Å². The van der Waals surface area contributed by atoms with Gasteiger partial charge in [0.05, 0.1) is 26.1 Å². The van der Waals surface area contributed by atoms with Crippen LogP contribution < -0.4 is 10.5 Å². The lowest BCUT2D eigenvalue weighted by atomic mass is 10.2. The van der Waals surface area contributed by atoms with E-state index in [9.17, 15) is 4.79 Å². The molecule has 0 atom stereocenters. The normalized spacial score (nSPS) is 13.8. The lowest BCUT2D eigenvalue weighted by Crippen LogP contribution is -2.20. The summed E-state index contributed by atoms with van der Waals surface area (Å²) in [6.45, 7) is 4.62. The first-order chi connectivity index (χ1) is 12.1. The molecule has 0 aromatic carbocycles. The quantitative estimate of drug-likeness (QED) is 0.768. The number of rotatable bonds is 6. The first kappa shape index (κ1) is 16.7. The zero-order chi connectivity index (χ0) is 17.8. The van der Waals surface area contributed by atoms with Crippen molar-refractivity contribution in [3.63, 3.8) is 0 Å². The maximum absolute atomic E-state index is 11.6. The Morgan fingerprint density at radius 1 is 1.36 bits per heavy atom. The Balaban J connectivity index is 1.77. The molecule has 0 amide bonds. The average Bonchev–Trinajstić information content (AvgIpc) is 2.99. The van der Waals surface area contributed by atoms with E-state index in [1.54, 1.807) is 23.9 Å². The Kier molecular flexibility index (Phi) is 4.78. The van der Waals surface area contributed by atoms with E-state index in [4.69, 9.17) is 20.0 Å². The average molecular weight is 346 g/mol. The summed E-state index contributed by atoms with van der Waals surface area (Å²) in [7, 11) is 0. The van der Waals surface area contributed by atoms with Gasteiger partial charge in [0.1, 0.15) is 0 Å². The van der Waals surface area contributed by atoms with Gasteiger partial charge < -0.3 is 24.6 Å². The molecule has 0 saturated carbocycles. The van der Waals surface area contributed by atoms with E-state index < -0.39 is 5.97 Å². The van der Waals surface area contributed by atoms with Crippen LogP contribution in [0.15, 0.2) is 23.3 Å². The highest BCUT2D eigenvalue weighted by Gasteiger charge is 2.19. The van der Waals surface area contributed by atoms with Gasteiger partial charge in [-0.2, -0.15) is 9.97 Å². The minimum Gasteiger partial charge on any atom is -0.464 e. The second kappa shape index (κ2) is 7.16. The van der Waals surface area contributed by atoms with Gasteiger partial charge in [0.2, 0.25) is 0 Å². The fraction of sp³-hybridized carbons (Fsp3) is 0.400. The molecule has 0 saturated heterocycles. The maximum Gasteiger partial charge on any atom is 0.356 e. The second-order valence-corrected chi connectivity index (χ2v) is 5.09. The van der Waals surface area contributed by atoms with Crippen molar-refractivity contribution in [1.82, 2.24) is 19.5 Å². The van der Waals surface area contributed by atoms with Crippen LogP contribution in [0.5, 0.6) is 6.01 Å². The molecule has 0 spiro atoms. The number of hydrogen-bond donors (Lipinski definition) is 1. The van der Waals surface area contributed by atoms with E-state index >= 15 is 0 Å². The van der Waals surface area contributed by atoms with E-state index in [-0.39, 0.29) is 17.5 Å². The van der Waals surface area contributed by atoms with Crippen molar-refractivity contribution in [2.45, 2.75) is 26.8 Å². The summed E-state index contributed by atoms with van der Waals surface area (Å²) in [6.07, 6.45) is 3.68. The van der Waals surface area contributed by atoms with Crippen molar-refractivity contribution in [2.75, 3.05) is 18.9 Å². The Morgan fingerprint density at radius 3 is 2.88 bits per heavy atom. The molecular formula is C15H18N6O4. The Bertz CT molecular complexity index is 857. The van der Waals surface area contributed by atoms with Gasteiger partial charge in [-0.3, -0.25) is 0 Å². The van der Waals surface area contributed by atoms with Crippen molar-refractivity contribution in [1.29, 1.82) is 0 Å². The van der Waals surface area contributed by atoms with Gasteiger partial charge in [0.15, 0.2) is 28.5 Å². The van der Waals surface area contributed by atoms with Gasteiger partial charge in [-0.05, 0) is 19.9 Å². The first-order valence-corrected chi connectivity index (χ1v) is 7.83. The number of nitrogen functional groups attached to an aromatic ring is 1. The predicted molar refractivity (Wildman–Crippen MR) is 88.8 cm³/mol. The zero-order valence-corrected chi connectivity index (χ0v) is 13.9. The van der Waals surface area contributed by atoms with Gasteiger partial charge in [-0.1, -0.05) is 5.16 Å². The standard InChI is InChI=1S/C15H18N6O4/c1-3-23-14(22)10-6-5-9(25-20-10)7-21-8-17-11-12(16)18-15(24-4-2)19-13(11)21/h5,8H,3-4,6-7H2,1-2H3,(H2,16,18,19). The van der Waals surface area contributed by atoms with E-state index in [1.165, 1.54) is 0 Å². The fourth-order valence-electron chi connectivity index (χ4n) is 2.25. The summed E-state index contributed by atoms with van der Waals surface area (Å²) in [5.74, 6) is 0.323. The Morgan fingerprint density at radius 2 is 2.20 bits per heavy atom. The molecule has 2 N–H and O–H groups in total. The topological polar surface area (TPSA) is 127 Å². The first-order valence-electron chi connectivity index (χ1n) is 7.83. The number of fused-ring (bicyclic) bond motifs is 1. The van der Waals surface area contributed by atoms with Gasteiger partial charge in [0, 0.05) is 6.42 Å². The molecular weight excluding hydrogens is 328 g/mol. The molecule has 3 rings (SSSR count). The van der Waals surface area contributed by atoms with Crippen molar-refractivity contribution >= 4 is 28.7 Å². The molecule has 0 aliphatic carbocycles. The van der Waals surface area contributed by atoms with Crippen LogP contribution in [-0.4, -0.2) is 44.4 Å². The van der Waals surface area contributed by atoms with Crippen LogP contribution in [0.4, 0.5) is 5.82 Å². The Labute approximate surface area is 143 Å². The lowest BCUT2D eigenvalue weighted by Gasteiger charge is -2.13. The number of allylic oxidation sites excluding steroid dienone is 2. The number of nitrogens with zero attached hydrogens (tertiary/aromatic N) is 5. The summed E-state index contributed by atoms with van der Waals surface area (Å²) >= 11 is 0. The van der Waals surface area contributed by atoms with Crippen LogP contribution in [0.25, 0.3) is 11.2 Å². The number of imidazole rings is 1. The highest BCUT2D eigenvalue weighted by atomic mass is 16.6. The van der Waals surface area contributed by atoms with Crippen LogP contribution in [0, 0.1) is 0 Å². The molecule has 0 radical (unpaired) electrons. The highest BCUT2D eigenvalue weighted by molar-refractivity contribution is 6.36. The molecule has 1 aliphatic heterocycles. The van der Waals surface area contributed by atoms with Crippen LogP contribution >= 0.6 is 0 Å². The number of nitrogens with two attached hydrogens (primary N) is 1. The van der Waals surface area contributed by atoms with Crippen molar-refractivity contribution in [3.05, 3.63) is 18.2 Å². The summed E-state index contributed by atoms with van der Waals surface area (Å²) in [5, 5.41) is 3.81.